The molecule has 6 heteroatoms. The lowest BCUT2D eigenvalue weighted by atomic mass is 9.75. The van der Waals surface area contributed by atoms with Crippen molar-refractivity contribution in [2.24, 2.45) is 0 Å². The maximum Gasteiger partial charge on any atom is 0.411 e. The number of esters is 1. The van der Waals surface area contributed by atoms with Gasteiger partial charge in [-0.1, -0.05) is 0 Å². The molecular weight excluding hydrogens is 250 g/mol. The normalized spacial score (nSPS) is 17.3. The monoisotopic (exact) mass is 273 g/mol. The van der Waals surface area contributed by atoms with Crippen LogP contribution in [0.5, 0.6) is 0 Å². The van der Waals surface area contributed by atoms with E-state index < -0.39 is 23.2 Å². The van der Waals surface area contributed by atoms with Crippen LogP contribution in [-0.4, -0.2) is 53.5 Å². The molecule has 0 aromatic heterocycles. The summed E-state index contributed by atoms with van der Waals surface area (Å²) in [5.41, 5.74) is -1.62. The zero-order chi connectivity index (χ0) is 14.7. The Balaban J connectivity index is 2.92. The second-order valence-corrected chi connectivity index (χ2v) is 5.73. The zero-order valence-electron chi connectivity index (χ0n) is 12.1. The molecule has 0 atom stereocenters. The summed E-state index contributed by atoms with van der Waals surface area (Å²) in [5.74, 6) is -0.446. The highest BCUT2D eigenvalue weighted by Crippen LogP contribution is 2.39. The Kier molecular flexibility index (Phi) is 4.79. The molecule has 0 saturated heterocycles. The molecule has 0 unspecified atom stereocenters. The van der Waals surface area contributed by atoms with Crippen LogP contribution in [0.2, 0.25) is 0 Å². The second kappa shape index (κ2) is 5.77. The first-order valence-electron chi connectivity index (χ1n) is 6.47. The van der Waals surface area contributed by atoms with Crippen LogP contribution in [0.4, 0.5) is 4.79 Å². The minimum absolute atomic E-state index is 0.0595. The van der Waals surface area contributed by atoms with Crippen molar-refractivity contribution in [1.29, 1.82) is 0 Å². The van der Waals surface area contributed by atoms with Gasteiger partial charge in [0.25, 0.3) is 0 Å². The Bertz CT molecular complexity index is 343. The number of nitrogens with zero attached hydrogens (tertiary/aromatic N) is 1. The Morgan fingerprint density at radius 3 is 2.21 bits per heavy atom. The Morgan fingerprint density at radius 1 is 1.32 bits per heavy atom. The van der Waals surface area contributed by atoms with Crippen molar-refractivity contribution in [3.05, 3.63) is 0 Å². The predicted molar refractivity (Wildman–Crippen MR) is 68.6 cm³/mol. The minimum atomic E-state index is -0.972. The number of carbonyl (C=O) groups is 2. The van der Waals surface area contributed by atoms with Crippen molar-refractivity contribution in [3.8, 4) is 0 Å². The summed E-state index contributed by atoms with van der Waals surface area (Å²) in [5, 5.41) is 9.12. The van der Waals surface area contributed by atoms with Gasteiger partial charge in [-0.05, 0) is 40.0 Å². The van der Waals surface area contributed by atoms with Gasteiger partial charge >= 0.3 is 12.1 Å². The van der Waals surface area contributed by atoms with Gasteiger partial charge in [0.2, 0.25) is 0 Å². The number of amides is 1. The molecule has 19 heavy (non-hydrogen) atoms. The topological polar surface area (TPSA) is 76.1 Å². The fraction of sp³-hybridized carbons (Fsp3) is 0.846. The van der Waals surface area contributed by atoms with Gasteiger partial charge in [0.05, 0.1) is 13.7 Å². The standard InChI is InChI=1S/C13H23NO5/c1-12(2,3)19-11(17)14(8-9-15)13(6-5-7-13)10(16)18-4/h15H,5-9H2,1-4H3. The largest absolute Gasteiger partial charge is 0.467 e. The Labute approximate surface area is 113 Å². The number of carbonyl (C=O) groups excluding carboxylic acids is 2. The van der Waals surface area contributed by atoms with Crippen molar-refractivity contribution >= 4 is 12.1 Å². The summed E-state index contributed by atoms with van der Waals surface area (Å²) in [6.07, 6.45) is 1.34. The number of hydrogen-bond donors (Lipinski definition) is 1. The fourth-order valence-electron chi connectivity index (χ4n) is 2.18. The van der Waals surface area contributed by atoms with E-state index in [1.54, 1.807) is 20.8 Å². The van der Waals surface area contributed by atoms with E-state index in [1.165, 1.54) is 12.0 Å². The van der Waals surface area contributed by atoms with Gasteiger partial charge in [-0.3, -0.25) is 4.90 Å². The number of β-amino-alcohol motifs (C(OH)–C–C–N with tert-alkyl or cyclic N) is 1. The highest BCUT2D eigenvalue weighted by Gasteiger charge is 2.53. The summed E-state index contributed by atoms with van der Waals surface area (Å²) >= 11 is 0. The summed E-state index contributed by atoms with van der Waals surface area (Å²) in [4.78, 5) is 25.4. The molecule has 1 rings (SSSR count). The van der Waals surface area contributed by atoms with E-state index in [0.29, 0.717) is 12.8 Å². The molecule has 6 nitrogen and oxygen atoms in total. The van der Waals surface area contributed by atoms with Crippen molar-refractivity contribution in [2.75, 3.05) is 20.3 Å². The van der Waals surface area contributed by atoms with Gasteiger partial charge in [-0.25, -0.2) is 9.59 Å². The molecule has 0 bridgehead atoms. The van der Waals surface area contributed by atoms with Crippen molar-refractivity contribution in [2.45, 2.75) is 51.2 Å². The smallest absolute Gasteiger partial charge is 0.411 e. The van der Waals surface area contributed by atoms with Crippen LogP contribution >= 0.6 is 0 Å². The molecule has 1 N–H and O–H groups in total. The molecule has 0 aromatic rings. The van der Waals surface area contributed by atoms with E-state index in [2.05, 4.69) is 0 Å². The molecule has 1 amide bonds. The van der Waals surface area contributed by atoms with Crippen molar-refractivity contribution in [1.82, 2.24) is 4.90 Å². The number of ether oxygens (including phenoxy) is 2. The number of rotatable bonds is 4. The molecule has 0 aromatic carbocycles. The zero-order valence-corrected chi connectivity index (χ0v) is 12.1. The summed E-state index contributed by atoms with van der Waals surface area (Å²) in [7, 11) is 1.30. The fourth-order valence-corrected chi connectivity index (χ4v) is 2.18. The van der Waals surface area contributed by atoms with E-state index in [9.17, 15) is 9.59 Å². The Hall–Kier alpha value is -1.30. The van der Waals surface area contributed by atoms with Crippen molar-refractivity contribution < 1.29 is 24.2 Å². The maximum atomic E-state index is 12.2. The van der Waals surface area contributed by atoms with Gasteiger partial charge in [0.15, 0.2) is 0 Å². The van der Waals surface area contributed by atoms with Crippen LogP contribution in [-0.2, 0) is 14.3 Å². The maximum absolute atomic E-state index is 12.2. The van der Waals surface area contributed by atoms with Gasteiger partial charge < -0.3 is 14.6 Å². The van der Waals surface area contributed by atoms with Crippen LogP contribution in [0.3, 0.4) is 0 Å². The number of methoxy groups -OCH3 is 1. The number of aliphatic hydroxyl groups is 1. The van der Waals surface area contributed by atoms with E-state index in [-0.39, 0.29) is 13.2 Å². The van der Waals surface area contributed by atoms with E-state index in [4.69, 9.17) is 14.6 Å². The third-order valence-electron chi connectivity index (χ3n) is 3.20. The second-order valence-electron chi connectivity index (χ2n) is 5.73. The molecule has 1 aliphatic carbocycles. The average molecular weight is 273 g/mol. The van der Waals surface area contributed by atoms with Crippen LogP contribution in [0, 0.1) is 0 Å². The number of aliphatic hydroxyl groups excluding tert-OH is 1. The average Bonchev–Trinajstić information content (AvgIpc) is 2.23. The van der Waals surface area contributed by atoms with Crippen LogP contribution < -0.4 is 0 Å². The van der Waals surface area contributed by atoms with Crippen molar-refractivity contribution in [3.63, 3.8) is 0 Å². The first-order valence-corrected chi connectivity index (χ1v) is 6.47. The molecule has 0 radical (unpaired) electrons. The molecule has 1 saturated carbocycles. The molecule has 0 spiro atoms. The molecular formula is C13H23NO5. The predicted octanol–water partition coefficient (Wildman–Crippen LogP) is 1.31. The summed E-state index contributed by atoms with van der Waals surface area (Å²) in [6, 6.07) is 0. The van der Waals surface area contributed by atoms with Gasteiger partial charge in [0.1, 0.15) is 11.1 Å². The lowest BCUT2D eigenvalue weighted by Crippen LogP contribution is -2.63. The molecule has 1 fully saturated rings. The minimum Gasteiger partial charge on any atom is -0.467 e. The third-order valence-corrected chi connectivity index (χ3v) is 3.20. The molecule has 110 valence electrons. The van der Waals surface area contributed by atoms with E-state index >= 15 is 0 Å². The summed E-state index contributed by atoms with van der Waals surface area (Å²) < 4.78 is 10.1. The highest BCUT2D eigenvalue weighted by molar-refractivity contribution is 5.86. The molecule has 0 heterocycles. The van der Waals surface area contributed by atoms with E-state index in [1.807, 2.05) is 0 Å². The van der Waals surface area contributed by atoms with E-state index in [0.717, 1.165) is 6.42 Å². The first kappa shape index (κ1) is 15.8. The van der Waals surface area contributed by atoms with Crippen LogP contribution in [0.15, 0.2) is 0 Å². The summed E-state index contributed by atoms with van der Waals surface area (Å²) in [6.45, 7) is 5.11. The molecule has 1 aliphatic rings. The lowest BCUT2D eigenvalue weighted by molar-refractivity contribution is -0.161. The quantitative estimate of drug-likeness (QED) is 0.782. The van der Waals surface area contributed by atoms with Crippen LogP contribution in [0.25, 0.3) is 0 Å². The van der Waals surface area contributed by atoms with Crippen LogP contribution in [0.1, 0.15) is 40.0 Å². The van der Waals surface area contributed by atoms with Gasteiger partial charge in [-0.15, -0.1) is 0 Å². The lowest BCUT2D eigenvalue weighted by Gasteiger charge is -2.47. The highest BCUT2D eigenvalue weighted by atomic mass is 16.6. The SMILES string of the molecule is COC(=O)C1(N(CCO)C(=O)OC(C)(C)C)CCC1. The van der Waals surface area contributed by atoms with Gasteiger partial charge in [0, 0.05) is 6.54 Å². The number of hydrogen-bond acceptors (Lipinski definition) is 5. The third kappa shape index (κ3) is 3.37. The Morgan fingerprint density at radius 2 is 1.89 bits per heavy atom. The first-order chi connectivity index (χ1) is 8.77. The van der Waals surface area contributed by atoms with Gasteiger partial charge in [-0.2, -0.15) is 0 Å². The molecule has 0 aliphatic heterocycles.